The topological polar surface area (TPSA) is 85.2 Å². The van der Waals surface area contributed by atoms with Crippen molar-refractivity contribution in [2.75, 3.05) is 6.61 Å². The molecule has 0 spiro atoms. The van der Waals surface area contributed by atoms with E-state index in [1.165, 1.54) is 6.08 Å². The van der Waals surface area contributed by atoms with Crippen molar-refractivity contribution in [2.45, 2.75) is 109 Å². The highest BCUT2D eigenvalue weighted by atomic mass is 19.3. The van der Waals surface area contributed by atoms with Crippen LogP contribution in [0.25, 0.3) is 0 Å². The van der Waals surface area contributed by atoms with E-state index in [4.69, 9.17) is 14.2 Å². The minimum absolute atomic E-state index is 0.244. The van der Waals surface area contributed by atoms with E-state index < -0.39 is 30.7 Å². The van der Waals surface area contributed by atoms with E-state index in [2.05, 4.69) is 0 Å². The van der Waals surface area contributed by atoms with Gasteiger partial charge in [-0.05, 0) is 55.9 Å². The molecule has 1 aliphatic carbocycles. The Bertz CT molecular complexity index is 929. The first-order valence-corrected chi connectivity index (χ1v) is 14.7. The molecule has 2 fully saturated rings. The van der Waals surface area contributed by atoms with Gasteiger partial charge in [0, 0.05) is 31.8 Å². The fourth-order valence-electron chi connectivity index (χ4n) is 5.43. The third-order valence-electron chi connectivity index (χ3n) is 7.55. The maximum Gasteiger partial charge on any atom is 0.306 e. The van der Waals surface area contributed by atoms with Gasteiger partial charge in [0.25, 0.3) is 5.92 Å². The first kappa shape index (κ1) is 32.4. The fraction of sp³-hybridized carbons (Fsp3) is 0.656. The zero-order valence-corrected chi connectivity index (χ0v) is 23.8. The summed E-state index contributed by atoms with van der Waals surface area (Å²) >= 11 is 0. The molecule has 0 bridgehead atoms. The van der Waals surface area contributed by atoms with Gasteiger partial charge >= 0.3 is 5.97 Å². The largest absolute Gasteiger partial charge is 0.461 e. The molecular formula is C32H46F2O6. The Morgan fingerprint density at radius 2 is 1.98 bits per heavy atom. The predicted octanol–water partition coefficient (Wildman–Crippen LogP) is 6.35. The molecule has 8 heteroatoms. The second-order valence-corrected chi connectivity index (χ2v) is 11.4. The Labute approximate surface area is 237 Å². The molecule has 1 aromatic carbocycles. The summed E-state index contributed by atoms with van der Waals surface area (Å²) < 4.78 is 46.1. The van der Waals surface area contributed by atoms with Crippen LogP contribution in [0.4, 0.5) is 8.78 Å². The Hall–Kier alpha value is -2.13. The summed E-state index contributed by atoms with van der Waals surface area (Å²) in [7, 11) is 0. The zero-order valence-electron chi connectivity index (χ0n) is 23.8. The molecule has 40 heavy (non-hydrogen) atoms. The number of hydrogen-bond acceptors (Lipinski definition) is 6. The van der Waals surface area contributed by atoms with Crippen LogP contribution in [0.2, 0.25) is 0 Å². The van der Waals surface area contributed by atoms with Gasteiger partial charge in [-0.2, -0.15) is 0 Å². The maximum absolute atomic E-state index is 14.5. The predicted molar refractivity (Wildman–Crippen MR) is 149 cm³/mol. The summed E-state index contributed by atoms with van der Waals surface area (Å²) in [5.41, 5.74) is 0.947. The molecular weight excluding hydrogens is 518 g/mol. The van der Waals surface area contributed by atoms with Crippen LogP contribution in [0.15, 0.2) is 54.6 Å². The Balaban J connectivity index is 1.53. The number of carbonyl (C=O) groups is 1. The Morgan fingerprint density at radius 1 is 1.20 bits per heavy atom. The Kier molecular flexibility index (Phi) is 13.2. The molecule has 1 saturated carbocycles. The lowest BCUT2D eigenvalue weighted by Crippen LogP contribution is -2.34. The summed E-state index contributed by atoms with van der Waals surface area (Å²) in [4.78, 5) is 12.0. The number of rotatable bonds is 15. The molecule has 2 unspecified atom stereocenters. The minimum Gasteiger partial charge on any atom is -0.461 e. The normalized spacial score (nSPS) is 26.6. The number of esters is 1. The van der Waals surface area contributed by atoms with Gasteiger partial charge in [-0.3, -0.25) is 4.79 Å². The van der Waals surface area contributed by atoms with Gasteiger partial charge in [-0.15, -0.1) is 0 Å². The number of benzene rings is 1. The number of halogens is 2. The zero-order chi connectivity index (χ0) is 29.0. The van der Waals surface area contributed by atoms with E-state index in [0.29, 0.717) is 38.7 Å². The second kappa shape index (κ2) is 16.3. The van der Waals surface area contributed by atoms with Crippen molar-refractivity contribution in [2.24, 2.45) is 17.8 Å². The van der Waals surface area contributed by atoms with Crippen molar-refractivity contribution in [3.8, 4) is 0 Å². The van der Waals surface area contributed by atoms with Gasteiger partial charge < -0.3 is 24.4 Å². The molecule has 0 amide bonds. The highest BCUT2D eigenvalue weighted by Gasteiger charge is 2.43. The van der Waals surface area contributed by atoms with E-state index in [0.717, 1.165) is 24.8 Å². The number of allylic oxidation sites excluding steroid dienone is 2. The summed E-state index contributed by atoms with van der Waals surface area (Å²) in [5, 5.41) is 21.1. The average Bonchev–Trinajstić information content (AvgIpc) is 3.21. The lowest BCUT2D eigenvalue weighted by atomic mass is 9.89. The van der Waals surface area contributed by atoms with Crippen LogP contribution in [-0.4, -0.2) is 53.3 Å². The third-order valence-corrected chi connectivity index (χ3v) is 7.55. The molecule has 1 heterocycles. The van der Waals surface area contributed by atoms with Crippen LogP contribution in [0.1, 0.15) is 77.2 Å². The average molecular weight is 565 g/mol. The molecule has 1 saturated heterocycles. The molecule has 0 radical (unpaired) electrons. The number of alkyl halides is 2. The van der Waals surface area contributed by atoms with Crippen molar-refractivity contribution in [1.82, 2.24) is 0 Å². The van der Waals surface area contributed by atoms with Crippen molar-refractivity contribution in [1.29, 1.82) is 0 Å². The quantitative estimate of drug-likeness (QED) is 0.147. The van der Waals surface area contributed by atoms with Gasteiger partial charge in [-0.1, -0.05) is 68.5 Å². The molecule has 3 rings (SSSR count). The fourth-order valence-corrected chi connectivity index (χ4v) is 5.43. The second-order valence-electron chi connectivity index (χ2n) is 11.4. The van der Waals surface area contributed by atoms with E-state index in [9.17, 15) is 23.8 Å². The van der Waals surface area contributed by atoms with E-state index in [1.807, 2.05) is 42.5 Å². The molecule has 0 aromatic heterocycles. The summed E-state index contributed by atoms with van der Waals surface area (Å²) in [6, 6.07) is 9.53. The van der Waals surface area contributed by atoms with Crippen LogP contribution < -0.4 is 0 Å². The number of hydrogen-bond donors (Lipinski definition) is 2. The lowest BCUT2D eigenvalue weighted by molar-refractivity contribution is -0.193. The third kappa shape index (κ3) is 10.7. The van der Waals surface area contributed by atoms with Crippen LogP contribution in [0, 0.1) is 17.8 Å². The summed E-state index contributed by atoms with van der Waals surface area (Å²) in [5.74, 6) is -4.33. The van der Waals surface area contributed by atoms with Crippen LogP contribution in [0.3, 0.4) is 0 Å². The lowest BCUT2D eigenvalue weighted by Gasteiger charge is -2.29. The van der Waals surface area contributed by atoms with Crippen molar-refractivity contribution >= 4 is 5.97 Å². The summed E-state index contributed by atoms with van der Waals surface area (Å²) in [6.07, 6.45) is 8.23. The van der Waals surface area contributed by atoms with Crippen LogP contribution >= 0.6 is 0 Å². The molecule has 2 N–H and O–H groups in total. The van der Waals surface area contributed by atoms with Crippen LogP contribution in [-0.2, 0) is 25.6 Å². The SMILES string of the molecule is CC(C)CC(F)(F)C(O)/C=C/[C@@H]1[C@@H](C/C=C\CCCC(=O)OCc2ccccc2)[C@@H](O)C[C@H]1OC1CCCCO1. The van der Waals surface area contributed by atoms with Crippen molar-refractivity contribution < 1.29 is 38.0 Å². The van der Waals surface area contributed by atoms with Crippen molar-refractivity contribution in [3.63, 3.8) is 0 Å². The van der Waals surface area contributed by atoms with Crippen molar-refractivity contribution in [3.05, 3.63) is 60.2 Å². The van der Waals surface area contributed by atoms with E-state index in [-0.39, 0.29) is 36.6 Å². The Morgan fingerprint density at radius 3 is 2.67 bits per heavy atom. The van der Waals surface area contributed by atoms with Gasteiger partial charge in [-0.25, -0.2) is 8.78 Å². The minimum atomic E-state index is -3.23. The van der Waals surface area contributed by atoms with E-state index >= 15 is 0 Å². The monoisotopic (exact) mass is 564 g/mol. The van der Waals surface area contributed by atoms with Gasteiger partial charge in [0.2, 0.25) is 0 Å². The molecule has 1 aliphatic heterocycles. The van der Waals surface area contributed by atoms with Gasteiger partial charge in [0.05, 0.1) is 12.2 Å². The number of carbonyl (C=O) groups excluding carboxylic acids is 1. The number of aliphatic hydroxyl groups excluding tert-OH is 2. The smallest absolute Gasteiger partial charge is 0.306 e. The highest BCUT2D eigenvalue weighted by Crippen LogP contribution is 2.40. The molecule has 6 nitrogen and oxygen atoms in total. The molecule has 2 aliphatic rings. The van der Waals surface area contributed by atoms with Gasteiger partial charge in [0.15, 0.2) is 6.29 Å². The van der Waals surface area contributed by atoms with Crippen LogP contribution in [0.5, 0.6) is 0 Å². The standard InChI is InChI=1S/C32H46F2O6/c1-23(2)21-32(33,34)29(36)18-17-26-25(27(35)20-28(26)40-31-16-10-11-19-38-31)14-8-3-4-9-15-30(37)39-22-24-12-6-5-7-13-24/h3,5-8,12-13,17-18,23,25-29,31,35-36H,4,9-11,14-16,19-22H2,1-2H3/b8-3-,18-17+/t25-,26-,27+,28-,29?,31?/m1/s1. The highest BCUT2D eigenvalue weighted by molar-refractivity contribution is 5.69. The van der Waals surface area contributed by atoms with Gasteiger partial charge in [0.1, 0.15) is 12.7 Å². The molecule has 6 atom stereocenters. The first-order valence-electron chi connectivity index (χ1n) is 14.7. The summed E-state index contributed by atoms with van der Waals surface area (Å²) in [6.45, 7) is 4.27. The molecule has 1 aromatic rings. The number of ether oxygens (including phenoxy) is 3. The van der Waals surface area contributed by atoms with E-state index in [1.54, 1.807) is 19.9 Å². The molecule has 224 valence electrons. The first-order chi connectivity index (χ1) is 19.2. The maximum atomic E-state index is 14.5. The number of aliphatic hydroxyl groups is 2. The number of unbranched alkanes of at least 4 members (excludes halogenated alkanes) is 1.